The van der Waals surface area contributed by atoms with E-state index in [0.29, 0.717) is 29.4 Å². The molecule has 132 valence electrons. The van der Waals surface area contributed by atoms with E-state index in [-0.39, 0.29) is 12.4 Å². The van der Waals surface area contributed by atoms with E-state index in [0.717, 1.165) is 12.1 Å². The zero-order valence-corrected chi connectivity index (χ0v) is 15.7. The molecular formula is C15H27ClN4O2S. The molecule has 1 aliphatic heterocycles. The van der Waals surface area contributed by atoms with Crippen LogP contribution in [-0.2, 0) is 16.6 Å². The van der Waals surface area contributed by atoms with Crippen LogP contribution in [0.5, 0.6) is 0 Å². The van der Waals surface area contributed by atoms with Crippen molar-refractivity contribution in [1.82, 2.24) is 20.5 Å². The third kappa shape index (κ3) is 4.65. The van der Waals surface area contributed by atoms with Crippen molar-refractivity contribution >= 4 is 22.4 Å². The van der Waals surface area contributed by atoms with Crippen LogP contribution in [0, 0.1) is 5.92 Å². The van der Waals surface area contributed by atoms with E-state index in [1.807, 2.05) is 12.1 Å². The molecule has 0 saturated carbocycles. The van der Waals surface area contributed by atoms with Gasteiger partial charge >= 0.3 is 0 Å². The second kappa shape index (κ2) is 8.41. The lowest BCUT2D eigenvalue weighted by atomic mass is 9.97. The van der Waals surface area contributed by atoms with E-state index in [4.69, 9.17) is 0 Å². The standard InChI is InChI=1S/C15H26N4O2S.ClH/c1-11-14(12(2)18-17-11)10-16-9-13-7-5-6-8-15(13)22(20,21)19(3)4;/h5-8,11-12,14,16-18H,9-10H2,1-4H3;1H. The van der Waals surface area contributed by atoms with Crippen LogP contribution in [0.15, 0.2) is 29.2 Å². The van der Waals surface area contributed by atoms with Crippen LogP contribution in [0.2, 0.25) is 0 Å². The molecule has 1 heterocycles. The topological polar surface area (TPSA) is 73.5 Å². The van der Waals surface area contributed by atoms with Gasteiger partial charge in [-0.15, -0.1) is 12.4 Å². The molecule has 0 spiro atoms. The fourth-order valence-electron chi connectivity index (χ4n) is 2.74. The first kappa shape index (κ1) is 20.3. The van der Waals surface area contributed by atoms with Crippen molar-refractivity contribution in [3.63, 3.8) is 0 Å². The van der Waals surface area contributed by atoms with Gasteiger partial charge in [0.25, 0.3) is 0 Å². The smallest absolute Gasteiger partial charge is 0.242 e. The Morgan fingerprint density at radius 3 is 2.26 bits per heavy atom. The van der Waals surface area contributed by atoms with E-state index >= 15 is 0 Å². The molecule has 8 heteroatoms. The van der Waals surface area contributed by atoms with Crippen molar-refractivity contribution in [2.75, 3.05) is 20.6 Å². The van der Waals surface area contributed by atoms with Gasteiger partial charge in [-0.25, -0.2) is 12.7 Å². The summed E-state index contributed by atoms with van der Waals surface area (Å²) in [6.45, 7) is 5.67. The number of benzene rings is 1. The molecule has 2 unspecified atom stereocenters. The van der Waals surface area contributed by atoms with Crippen LogP contribution >= 0.6 is 12.4 Å². The average Bonchev–Trinajstić information content (AvgIpc) is 2.79. The fraction of sp³-hybridized carbons (Fsp3) is 0.600. The van der Waals surface area contributed by atoms with Crippen LogP contribution < -0.4 is 16.2 Å². The van der Waals surface area contributed by atoms with Gasteiger partial charge in [0.1, 0.15) is 0 Å². The normalized spacial score (nSPS) is 24.7. The van der Waals surface area contributed by atoms with Crippen LogP contribution in [0.4, 0.5) is 0 Å². The number of halogens is 1. The van der Waals surface area contributed by atoms with Crippen LogP contribution in [-0.4, -0.2) is 45.4 Å². The maximum atomic E-state index is 12.4. The Morgan fingerprint density at radius 2 is 1.70 bits per heavy atom. The van der Waals surface area contributed by atoms with E-state index in [2.05, 4.69) is 30.0 Å². The van der Waals surface area contributed by atoms with Crippen molar-refractivity contribution in [2.24, 2.45) is 5.92 Å². The Bertz CT molecular complexity index is 599. The first-order valence-electron chi connectivity index (χ1n) is 7.56. The maximum Gasteiger partial charge on any atom is 0.242 e. The number of hydrogen-bond donors (Lipinski definition) is 3. The first-order chi connectivity index (χ1) is 10.3. The molecule has 0 radical (unpaired) electrons. The largest absolute Gasteiger partial charge is 0.312 e. The highest BCUT2D eigenvalue weighted by molar-refractivity contribution is 7.89. The number of nitrogens with zero attached hydrogens (tertiary/aromatic N) is 1. The molecule has 6 nitrogen and oxygen atoms in total. The molecule has 1 aliphatic rings. The molecule has 1 aromatic rings. The van der Waals surface area contributed by atoms with Crippen LogP contribution in [0.25, 0.3) is 0 Å². The van der Waals surface area contributed by atoms with E-state index in [9.17, 15) is 8.42 Å². The number of nitrogens with one attached hydrogen (secondary N) is 3. The van der Waals surface area contributed by atoms with Gasteiger partial charge in [0, 0.05) is 45.2 Å². The molecule has 23 heavy (non-hydrogen) atoms. The predicted molar refractivity (Wildman–Crippen MR) is 95.0 cm³/mol. The lowest BCUT2D eigenvalue weighted by molar-refractivity contribution is 0.411. The summed E-state index contributed by atoms with van der Waals surface area (Å²) in [5, 5.41) is 3.39. The molecule has 0 bridgehead atoms. The molecular weight excluding hydrogens is 336 g/mol. The minimum absolute atomic E-state index is 0. The minimum Gasteiger partial charge on any atom is -0.312 e. The Morgan fingerprint density at radius 1 is 1.13 bits per heavy atom. The van der Waals surface area contributed by atoms with Gasteiger partial charge in [0.05, 0.1) is 4.90 Å². The monoisotopic (exact) mass is 362 g/mol. The second-order valence-electron chi connectivity index (χ2n) is 6.06. The molecule has 0 amide bonds. The van der Waals surface area contributed by atoms with Gasteiger partial charge in [-0.3, -0.25) is 10.9 Å². The molecule has 1 aromatic carbocycles. The summed E-state index contributed by atoms with van der Waals surface area (Å²) in [7, 11) is -0.301. The summed E-state index contributed by atoms with van der Waals surface area (Å²) < 4.78 is 26.0. The third-order valence-electron chi connectivity index (χ3n) is 4.25. The molecule has 1 fully saturated rings. The van der Waals surface area contributed by atoms with Gasteiger partial charge in [0.2, 0.25) is 10.0 Å². The van der Waals surface area contributed by atoms with Gasteiger partial charge < -0.3 is 5.32 Å². The Hall–Kier alpha value is -0.700. The average molecular weight is 363 g/mol. The summed E-state index contributed by atoms with van der Waals surface area (Å²) in [6, 6.07) is 7.94. The Balaban J connectivity index is 0.00000264. The summed E-state index contributed by atoms with van der Waals surface area (Å²) in [5.41, 5.74) is 7.25. The summed E-state index contributed by atoms with van der Waals surface area (Å²) in [6.07, 6.45) is 0. The van der Waals surface area contributed by atoms with E-state index in [1.54, 1.807) is 26.2 Å². The summed E-state index contributed by atoms with van der Waals surface area (Å²) in [5.74, 6) is 0.470. The lowest BCUT2D eigenvalue weighted by Crippen LogP contribution is -2.34. The summed E-state index contributed by atoms with van der Waals surface area (Å²) in [4.78, 5) is 0.372. The quantitative estimate of drug-likeness (QED) is 0.702. The highest BCUT2D eigenvalue weighted by atomic mass is 35.5. The zero-order valence-electron chi connectivity index (χ0n) is 14.0. The number of rotatable bonds is 6. The van der Waals surface area contributed by atoms with E-state index < -0.39 is 10.0 Å². The molecule has 3 N–H and O–H groups in total. The Labute approximate surface area is 145 Å². The van der Waals surface area contributed by atoms with Gasteiger partial charge in [-0.2, -0.15) is 0 Å². The fourth-order valence-corrected chi connectivity index (χ4v) is 3.85. The predicted octanol–water partition coefficient (Wildman–Crippen LogP) is 0.949. The highest BCUT2D eigenvalue weighted by Gasteiger charge is 2.29. The van der Waals surface area contributed by atoms with Gasteiger partial charge in [-0.1, -0.05) is 18.2 Å². The van der Waals surface area contributed by atoms with Crippen molar-refractivity contribution in [3.8, 4) is 0 Å². The molecule has 0 aromatic heterocycles. The van der Waals surface area contributed by atoms with Crippen molar-refractivity contribution in [1.29, 1.82) is 0 Å². The minimum atomic E-state index is -3.41. The maximum absolute atomic E-state index is 12.4. The molecule has 1 saturated heterocycles. The molecule has 0 aliphatic carbocycles. The number of hydrogen-bond acceptors (Lipinski definition) is 5. The van der Waals surface area contributed by atoms with Crippen molar-refractivity contribution in [3.05, 3.63) is 29.8 Å². The van der Waals surface area contributed by atoms with Crippen LogP contribution in [0.3, 0.4) is 0 Å². The SMILES string of the molecule is CC1NNC(C)C1CNCc1ccccc1S(=O)(=O)N(C)C.Cl. The lowest BCUT2D eigenvalue weighted by Gasteiger charge is -2.19. The number of sulfonamides is 1. The summed E-state index contributed by atoms with van der Waals surface area (Å²) >= 11 is 0. The molecule has 2 atom stereocenters. The van der Waals surface area contributed by atoms with Crippen LogP contribution in [0.1, 0.15) is 19.4 Å². The Kier molecular flexibility index (Phi) is 7.44. The van der Waals surface area contributed by atoms with Gasteiger partial charge in [-0.05, 0) is 25.5 Å². The first-order valence-corrected chi connectivity index (χ1v) is 9.00. The zero-order chi connectivity index (χ0) is 16.3. The molecule has 2 rings (SSSR count). The van der Waals surface area contributed by atoms with E-state index in [1.165, 1.54) is 4.31 Å². The van der Waals surface area contributed by atoms with Crippen molar-refractivity contribution < 1.29 is 8.42 Å². The highest BCUT2D eigenvalue weighted by Crippen LogP contribution is 2.19. The third-order valence-corrected chi connectivity index (χ3v) is 6.17. The number of hydrazine groups is 1. The van der Waals surface area contributed by atoms with Gasteiger partial charge in [0.15, 0.2) is 0 Å². The second-order valence-corrected chi connectivity index (χ2v) is 8.18. The van der Waals surface area contributed by atoms with Crippen molar-refractivity contribution in [2.45, 2.75) is 37.4 Å².